The number of hydrogen-bond donors (Lipinski definition) is 2. The van der Waals surface area contributed by atoms with Crippen LogP contribution in [0.3, 0.4) is 0 Å². The highest BCUT2D eigenvalue weighted by atomic mass is 19.4. The normalized spacial score (nSPS) is 17.6. The van der Waals surface area contributed by atoms with Gasteiger partial charge in [-0.15, -0.1) is 0 Å². The van der Waals surface area contributed by atoms with Crippen LogP contribution in [0, 0.1) is 28.4 Å². The molecule has 1 aliphatic carbocycles. The van der Waals surface area contributed by atoms with E-state index >= 15 is 0 Å². The second-order valence-corrected chi connectivity index (χ2v) is 8.25. The van der Waals surface area contributed by atoms with E-state index in [9.17, 15) is 22.0 Å². The predicted molar refractivity (Wildman–Crippen MR) is 107 cm³/mol. The molecule has 0 radical (unpaired) electrons. The topological polar surface area (TPSA) is 72.0 Å². The van der Waals surface area contributed by atoms with E-state index in [4.69, 9.17) is 10.8 Å². The molecule has 2 fully saturated rings. The zero-order valence-electron chi connectivity index (χ0n) is 17.2. The number of nitrogens with zero attached hydrogens (tertiary/aromatic N) is 4. The van der Waals surface area contributed by atoms with Gasteiger partial charge in [0.2, 0.25) is 0 Å². The van der Waals surface area contributed by atoms with Crippen molar-refractivity contribution in [3.05, 3.63) is 52.8 Å². The molecule has 6 nitrogen and oxygen atoms in total. The summed E-state index contributed by atoms with van der Waals surface area (Å²) >= 11 is 0. The Hall–Kier alpha value is -2.82. The number of piperazine rings is 1. The van der Waals surface area contributed by atoms with Gasteiger partial charge in [0.15, 0.2) is 11.6 Å². The summed E-state index contributed by atoms with van der Waals surface area (Å²) in [7, 11) is 0. The first-order valence-electron chi connectivity index (χ1n) is 10.4. The van der Waals surface area contributed by atoms with Crippen LogP contribution >= 0.6 is 0 Å². The number of anilines is 1. The van der Waals surface area contributed by atoms with Gasteiger partial charge in [0.1, 0.15) is 22.7 Å². The van der Waals surface area contributed by atoms with Crippen molar-refractivity contribution >= 4 is 11.7 Å². The molecule has 0 unspecified atom stereocenters. The average Bonchev–Trinajstić information content (AvgIpc) is 3.52. The number of nitrogens with one attached hydrogen (secondary N) is 2. The monoisotopic (exact) mass is 454 g/mol. The fourth-order valence-electron chi connectivity index (χ4n) is 3.96. The molecule has 0 spiro atoms. The van der Waals surface area contributed by atoms with Gasteiger partial charge in [-0.05, 0) is 30.4 Å². The molecule has 32 heavy (non-hydrogen) atoms. The molecule has 2 aromatic rings. The second-order valence-electron chi connectivity index (χ2n) is 8.25. The fraction of sp³-hybridized carbons (Fsp3) is 0.476. The number of hydrogen-bond acceptors (Lipinski definition) is 5. The van der Waals surface area contributed by atoms with E-state index in [1.54, 1.807) is 9.80 Å². The molecule has 11 heteroatoms. The van der Waals surface area contributed by atoms with Gasteiger partial charge >= 0.3 is 6.18 Å². The Labute approximate surface area is 181 Å². The van der Waals surface area contributed by atoms with Crippen molar-refractivity contribution < 1.29 is 22.0 Å². The van der Waals surface area contributed by atoms with Gasteiger partial charge in [-0.25, -0.2) is 13.8 Å². The Morgan fingerprint density at radius 3 is 2.41 bits per heavy atom. The molecular formula is C21H23F5N6. The minimum atomic E-state index is -4.72. The summed E-state index contributed by atoms with van der Waals surface area (Å²) in [5.41, 5.74) is -1.79. The molecule has 172 valence electrons. The van der Waals surface area contributed by atoms with Crippen molar-refractivity contribution in [2.45, 2.75) is 32.0 Å². The maximum atomic E-state index is 14.0. The van der Waals surface area contributed by atoms with E-state index in [0.29, 0.717) is 38.5 Å². The van der Waals surface area contributed by atoms with E-state index < -0.39 is 28.9 Å². The van der Waals surface area contributed by atoms with Gasteiger partial charge in [-0.2, -0.15) is 13.2 Å². The Morgan fingerprint density at radius 1 is 1.12 bits per heavy atom. The quantitative estimate of drug-likeness (QED) is 0.412. The molecule has 4 rings (SSSR count). The second kappa shape index (κ2) is 8.61. The lowest BCUT2D eigenvalue weighted by molar-refractivity contribution is -0.140. The fourth-order valence-corrected chi connectivity index (χ4v) is 3.96. The molecule has 0 bridgehead atoms. The molecule has 0 aromatic carbocycles. The maximum Gasteiger partial charge on any atom is 0.420 e. The van der Waals surface area contributed by atoms with Crippen LogP contribution in [0.25, 0.3) is 0 Å². The lowest BCUT2D eigenvalue weighted by Gasteiger charge is -2.35. The maximum absolute atomic E-state index is 14.0. The zero-order valence-corrected chi connectivity index (χ0v) is 17.2. The molecule has 2 aromatic heterocycles. The molecule has 1 saturated carbocycles. The number of halogens is 5. The number of alkyl halides is 3. The van der Waals surface area contributed by atoms with Crippen molar-refractivity contribution in [2.75, 3.05) is 31.1 Å². The van der Waals surface area contributed by atoms with Crippen molar-refractivity contribution in [3.8, 4) is 0 Å². The van der Waals surface area contributed by atoms with E-state index in [0.717, 1.165) is 29.7 Å². The Balaban J connectivity index is 1.50. The number of rotatable bonds is 5. The van der Waals surface area contributed by atoms with Crippen LogP contribution in [0.5, 0.6) is 0 Å². The van der Waals surface area contributed by atoms with Gasteiger partial charge in [-0.1, -0.05) is 0 Å². The Kier molecular flexibility index (Phi) is 6.02. The van der Waals surface area contributed by atoms with Gasteiger partial charge in [0.05, 0.1) is 6.20 Å². The zero-order chi connectivity index (χ0) is 23.0. The van der Waals surface area contributed by atoms with Crippen LogP contribution in [-0.2, 0) is 12.7 Å². The smallest absolute Gasteiger partial charge is 0.352 e. The lowest BCUT2D eigenvalue weighted by atomic mass is 10.1. The van der Waals surface area contributed by atoms with E-state index in [1.165, 1.54) is 12.3 Å². The first-order chi connectivity index (χ1) is 15.1. The largest absolute Gasteiger partial charge is 0.420 e. The molecule has 1 saturated heterocycles. The standard InChI is InChI=1S/C21H23F5N6/c22-15-10-16(23)20(29-11-15)31-7-5-30(6-8-31)12-14-3-4-32(17(27)9-13-1-2-13)19(28)18(14)21(24,25)26/h3-4,10-11,13,27-28H,1-2,5-9,12H2. The molecule has 2 aliphatic rings. The minimum absolute atomic E-state index is 0.00279. The highest BCUT2D eigenvalue weighted by Crippen LogP contribution is 2.33. The van der Waals surface area contributed by atoms with Crippen LogP contribution in [-0.4, -0.2) is 46.5 Å². The van der Waals surface area contributed by atoms with E-state index in [2.05, 4.69) is 4.98 Å². The molecule has 2 N–H and O–H groups in total. The van der Waals surface area contributed by atoms with Gasteiger partial charge < -0.3 is 4.90 Å². The summed E-state index contributed by atoms with van der Waals surface area (Å²) in [6.07, 6.45) is -0.142. The van der Waals surface area contributed by atoms with Gasteiger partial charge in [0, 0.05) is 51.4 Å². The van der Waals surface area contributed by atoms with Gasteiger partial charge in [0.25, 0.3) is 0 Å². The predicted octanol–water partition coefficient (Wildman–Crippen LogP) is 3.61. The van der Waals surface area contributed by atoms with Crippen LogP contribution in [0.15, 0.2) is 24.5 Å². The van der Waals surface area contributed by atoms with Crippen molar-refractivity contribution in [1.29, 1.82) is 10.8 Å². The Bertz CT molecular complexity index is 1070. The summed E-state index contributed by atoms with van der Waals surface area (Å²) in [6.45, 7) is 1.34. The highest BCUT2D eigenvalue weighted by Gasteiger charge is 2.37. The number of aromatic nitrogens is 2. The molecule has 1 aliphatic heterocycles. The average molecular weight is 454 g/mol. The van der Waals surface area contributed by atoms with Crippen molar-refractivity contribution in [1.82, 2.24) is 14.5 Å². The van der Waals surface area contributed by atoms with Crippen LogP contribution in [0.2, 0.25) is 0 Å². The highest BCUT2D eigenvalue weighted by molar-refractivity contribution is 5.81. The molecule has 3 heterocycles. The van der Waals surface area contributed by atoms with Crippen molar-refractivity contribution in [2.24, 2.45) is 5.92 Å². The van der Waals surface area contributed by atoms with Gasteiger partial charge in [-0.3, -0.25) is 20.3 Å². The summed E-state index contributed by atoms with van der Waals surface area (Å²) in [4.78, 5) is 7.20. The van der Waals surface area contributed by atoms with E-state index in [-0.39, 0.29) is 23.8 Å². The summed E-state index contributed by atoms with van der Waals surface area (Å²) in [5, 5.41) is 16.2. The summed E-state index contributed by atoms with van der Waals surface area (Å²) in [5.74, 6) is -1.22. The van der Waals surface area contributed by atoms with Crippen LogP contribution in [0.4, 0.5) is 27.8 Å². The molecule has 0 atom stereocenters. The first kappa shape index (κ1) is 22.4. The van der Waals surface area contributed by atoms with Crippen molar-refractivity contribution in [3.63, 3.8) is 0 Å². The third-order valence-electron chi connectivity index (χ3n) is 5.83. The number of pyridine rings is 2. The SMILES string of the molecule is N=C(CC1CC1)n1ccc(CN2CCN(c3ncc(F)cc3F)CC2)c(C(F)(F)F)c1=N. The third-order valence-corrected chi connectivity index (χ3v) is 5.83. The summed E-state index contributed by atoms with van der Waals surface area (Å²) in [6, 6.07) is 2.08. The first-order valence-corrected chi connectivity index (χ1v) is 10.4. The summed E-state index contributed by atoms with van der Waals surface area (Å²) < 4.78 is 69.5. The Morgan fingerprint density at radius 2 is 1.81 bits per heavy atom. The molecule has 0 amide bonds. The molecular weight excluding hydrogens is 431 g/mol. The third kappa shape index (κ3) is 4.82. The van der Waals surface area contributed by atoms with E-state index in [1.807, 2.05) is 0 Å². The van der Waals surface area contributed by atoms with Crippen LogP contribution in [0.1, 0.15) is 30.4 Å². The lowest BCUT2D eigenvalue weighted by Crippen LogP contribution is -2.47. The minimum Gasteiger partial charge on any atom is -0.352 e. The van der Waals surface area contributed by atoms with Crippen LogP contribution < -0.4 is 10.4 Å².